The molecule has 102 valence electrons. The second-order valence-electron chi connectivity index (χ2n) is 4.16. The molecule has 0 aliphatic heterocycles. The molecular formula is C13H21NO3S. The van der Waals surface area contributed by atoms with Crippen molar-refractivity contribution in [3.8, 4) is 0 Å². The standard InChI is InChI=1S/C13H21NO3S/c1-9-10(2)17-11(3)12(9)13(16)14-5-8-18-7-4-6-15/h15H,4-8H2,1-3H3,(H,14,16). The molecule has 0 spiro atoms. The molecule has 18 heavy (non-hydrogen) atoms. The van der Waals surface area contributed by atoms with Crippen molar-refractivity contribution in [1.29, 1.82) is 0 Å². The highest BCUT2D eigenvalue weighted by Gasteiger charge is 2.17. The minimum absolute atomic E-state index is 0.0652. The van der Waals surface area contributed by atoms with Crippen LogP contribution in [0, 0.1) is 20.8 Å². The summed E-state index contributed by atoms with van der Waals surface area (Å²) >= 11 is 1.73. The first-order valence-corrected chi connectivity index (χ1v) is 7.26. The third-order valence-electron chi connectivity index (χ3n) is 2.77. The van der Waals surface area contributed by atoms with Gasteiger partial charge in [-0.25, -0.2) is 0 Å². The summed E-state index contributed by atoms with van der Waals surface area (Å²) < 4.78 is 5.43. The van der Waals surface area contributed by atoms with Crippen LogP contribution >= 0.6 is 11.8 Å². The van der Waals surface area contributed by atoms with Crippen molar-refractivity contribution in [2.24, 2.45) is 0 Å². The molecular weight excluding hydrogens is 250 g/mol. The van der Waals surface area contributed by atoms with Crippen molar-refractivity contribution in [3.63, 3.8) is 0 Å². The van der Waals surface area contributed by atoms with E-state index in [-0.39, 0.29) is 12.5 Å². The Kier molecular flexibility index (Phi) is 6.29. The predicted octanol–water partition coefficient (Wildman–Crippen LogP) is 2.05. The molecule has 0 aliphatic carbocycles. The highest BCUT2D eigenvalue weighted by molar-refractivity contribution is 7.99. The summed E-state index contributed by atoms with van der Waals surface area (Å²) in [6.07, 6.45) is 0.803. The average molecular weight is 271 g/mol. The van der Waals surface area contributed by atoms with E-state index >= 15 is 0 Å². The minimum Gasteiger partial charge on any atom is -0.466 e. The fourth-order valence-electron chi connectivity index (χ4n) is 1.72. The lowest BCUT2D eigenvalue weighted by Gasteiger charge is -2.05. The molecule has 0 saturated carbocycles. The summed E-state index contributed by atoms with van der Waals surface area (Å²) in [7, 11) is 0. The van der Waals surface area contributed by atoms with Crippen LogP contribution in [0.5, 0.6) is 0 Å². The van der Waals surface area contributed by atoms with E-state index in [1.165, 1.54) is 0 Å². The molecule has 1 aromatic rings. The van der Waals surface area contributed by atoms with Gasteiger partial charge in [-0.2, -0.15) is 11.8 Å². The number of hydrogen-bond donors (Lipinski definition) is 2. The monoisotopic (exact) mass is 271 g/mol. The number of carbonyl (C=O) groups excluding carboxylic acids is 1. The molecule has 0 aromatic carbocycles. The van der Waals surface area contributed by atoms with Crippen LogP contribution in [-0.2, 0) is 0 Å². The number of aryl methyl sites for hydroxylation is 2. The number of hydrogen-bond acceptors (Lipinski definition) is 4. The predicted molar refractivity (Wildman–Crippen MR) is 74.3 cm³/mol. The third-order valence-corrected chi connectivity index (χ3v) is 3.84. The molecule has 1 aromatic heterocycles. The number of nitrogens with one attached hydrogen (secondary N) is 1. The van der Waals surface area contributed by atoms with E-state index in [9.17, 15) is 4.79 Å². The third kappa shape index (κ3) is 4.07. The number of thioether (sulfide) groups is 1. The number of carbonyl (C=O) groups is 1. The van der Waals surface area contributed by atoms with E-state index in [0.717, 1.165) is 29.3 Å². The lowest BCUT2D eigenvalue weighted by molar-refractivity contribution is 0.0954. The maximum atomic E-state index is 12.0. The van der Waals surface area contributed by atoms with Gasteiger partial charge in [0.2, 0.25) is 0 Å². The molecule has 1 rings (SSSR count). The Morgan fingerprint density at radius 3 is 2.56 bits per heavy atom. The van der Waals surface area contributed by atoms with Gasteiger partial charge in [0.25, 0.3) is 5.91 Å². The van der Waals surface area contributed by atoms with Gasteiger partial charge in [0.05, 0.1) is 5.56 Å². The highest BCUT2D eigenvalue weighted by Crippen LogP contribution is 2.20. The SMILES string of the molecule is Cc1oc(C)c(C(=O)NCCSCCCO)c1C. The van der Waals surface area contributed by atoms with Gasteiger partial charge in [-0.05, 0) is 32.9 Å². The summed E-state index contributed by atoms with van der Waals surface area (Å²) in [4.78, 5) is 12.0. The van der Waals surface area contributed by atoms with Crippen molar-refractivity contribution < 1.29 is 14.3 Å². The lowest BCUT2D eigenvalue weighted by atomic mass is 10.1. The van der Waals surface area contributed by atoms with Gasteiger partial charge in [0, 0.05) is 24.5 Å². The first-order valence-electron chi connectivity index (χ1n) is 6.11. The quantitative estimate of drug-likeness (QED) is 0.745. The Bertz CT molecular complexity index is 401. The first kappa shape index (κ1) is 15.1. The normalized spacial score (nSPS) is 10.7. The van der Waals surface area contributed by atoms with E-state index in [1.807, 2.05) is 20.8 Å². The van der Waals surface area contributed by atoms with Gasteiger partial charge in [-0.1, -0.05) is 0 Å². The van der Waals surface area contributed by atoms with Gasteiger partial charge < -0.3 is 14.8 Å². The van der Waals surface area contributed by atoms with Crippen LogP contribution in [0.25, 0.3) is 0 Å². The van der Waals surface area contributed by atoms with Crippen LogP contribution < -0.4 is 5.32 Å². The van der Waals surface area contributed by atoms with Crippen LogP contribution in [0.1, 0.15) is 33.9 Å². The Morgan fingerprint density at radius 1 is 1.28 bits per heavy atom. The Balaban J connectivity index is 2.37. The second kappa shape index (κ2) is 7.48. The molecule has 5 heteroatoms. The summed E-state index contributed by atoms with van der Waals surface area (Å²) in [5, 5.41) is 11.5. The zero-order chi connectivity index (χ0) is 13.5. The Hall–Kier alpha value is -0.940. The fourth-order valence-corrected chi connectivity index (χ4v) is 2.51. The second-order valence-corrected chi connectivity index (χ2v) is 5.38. The van der Waals surface area contributed by atoms with Gasteiger partial charge >= 0.3 is 0 Å². The minimum atomic E-state index is -0.0652. The molecule has 1 heterocycles. The average Bonchev–Trinajstić information content (AvgIpc) is 2.58. The molecule has 0 unspecified atom stereocenters. The van der Waals surface area contributed by atoms with Crippen molar-refractivity contribution in [2.45, 2.75) is 27.2 Å². The molecule has 0 fully saturated rings. The molecule has 0 aliphatic rings. The van der Waals surface area contributed by atoms with Crippen LogP contribution in [-0.4, -0.2) is 35.7 Å². The van der Waals surface area contributed by atoms with Crippen molar-refractivity contribution >= 4 is 17.7 Å². The molecule has 2 N–H and O–H groups in total. The van der Waals surface area contributed by atoms with Gasteiger partial charge in [-0.15, -0.1) is 0 Å². The van der Waals surface area contributed by atoms with Crippen molar-refractivity contribution in [2.75, 3.05) is 24.7 Å². The zero-order valence-corrected chi connectivity index (χ0v) is 12.0. The van der Waals surface area contributed by atoms with E-state index < -0.39 is 0 Å². The fraction of sp³-hybridized carbons (Fsp3) is 0.615. The number of aliphatic hydroxyl groups excluding tert-OH is 1. The van der Waals surface area contributed by atoms with E-state index in [0.29, 0.717) is 17.9 Å². The molecule has 0 atom stereocenters. The van der Waals surface area contributed by atoms with E-state index in [2.05, 4.69) is 5.32 Å². The van der Waals surface area contributed by atoms with Gasteiger partial charge in [0.15, 0.2) is 0 Å². The summed E-state index contributed by atoms with van der Waals surface area (Å²) in [5.41, 5.74) is 1.57. The van der Waals surface area contributed by atoms with Crippen molar-refractivity contribution in [1.82, 2.24) is 5.32 Å². The zero-order valence-electron chi connectivity index (χ0n) is 11.2. The van der Waals surface area contributed by atoms with Crippen LogP contribution in [0.15, 0.2) is 4.42 Å². The Morgan fingerprint density at radius 2 is 2.00 bits per heavy atom. The van der Waals surface area contributed by atoms with Gasteiger partial charge in [-0.3, -0.25) is 4.79 Å². The van der Waals surface area contributed by atoms with E-state index in [4.69, 9.17) is 9.52 Å². The van der Waals surface area contributed by atoms with Crippen LogP contribution in [0.4, 0.5) is 0 Å². The van der Waals surface area contributed by atoms with Crippen LogP contribution in [0.3, 0.4) is 0 Å². The van der Waals surface area contributed by atoms with Crippen LogP contribution in [0.2, 0.25) is 0 Å². The molecule has 4 nitrogen and oxygen atoms in total. The summed E-state index contributed by atoms with van der Waals surface area (Å²) in [5.74, 6) is 3.20. The topological polar surface area (TPSA) is 62.5 Å². The highest BCUT2D eigenvalue weighted by atomic mass is 32.2. The smallest absolute Gasteiger partial charge is 0.255 e. The molecule has 0 radical (unpaired) electrons. The number of rotatable bonds is 7. The van der Waals surface area contributed by atoms with E-state index in [1.54, 1.807) is 11.8 Å². The number of furan rings is 1. The number of amides is 1. The molecule has 0 bridgehead atoms. The number of aliphatic hydroxyl groups is 1. The van der Waals surface area contributed by atoms with Crippen molar-refractivity contribution in [3.05, 3.63) is 22.6 Å². The maximum absolute atomic E-state index is 12.0. The first-order chi connectivity index (χ1) is 8.57. The largest absolute Gasteiger partial charge is 0.466 e. The lowest BCUT2D eigenvalue weighted by Crippen LogP contribution is -2.26. The summed E-state index contributed by atoms with van der Waals surface area (Å²) in [6.45, 7) is 6.44. The Labute approximate surface area is 112 Å². The molecule has 0 saturated heterocycles. The summed E-state index contributed by atoms with van der Waals surface area (Å²) in [6, 6.07) is 0. The van der Waals surface area contributed by atoms with Gasteiger partial charge in [0.1, 0.15) is 11.5 Å². The maximum Gasteiger partial charge on any atom is 0.255 e. The molecule has 1 amide bonds.